The van der Waals surface area contributed by atoms with E-state index in [1.807, 2.05) is 19.1 Å². The van der Waals surface area contributed by atoms with Crippen LogP contribution in [0.15, 0.2) is 52.9 Å². The van der Waals surface area contributed by atoms with Crippen molar-refractivity contribution in [2.75, 3.05) is 50.7 Å². The minimum absolute atomic E-state index is 0.00526. The van der Waals surface area contributed by atoms with Crippen LogP contribution in [0.3, 0.4) is 0 Å². The molecular weight excluding hydrogens is 653 g/mol. The first-order chi connectivity index (χ1) is 24.1. The molecule has 1 saturated heterocycles. The van der Waals surface area contributed by atoms with Gasteiger partial charge in [-0.05, 0) is 92.5 Å². The molecule has 2 aromatic rings. The summed E-state index contributed by atoms with van der Waals surface area (Å²) in [7, 11) is -1.68. The van der Waals surface area contributed by atoms with Gasteiger partial charge < -0.3 is 24.4 Å². The number of methoxy groups -OCH3 is 1. The Balaban J connectivity index is 1.16. The zero-order valence-corrected chi connectivity index (χ0v) is 30.2. The second kappa shape index (κ2) is 13.3. The number of urea groups is 1. The highest BCUT2D eigenvalue weighted by molar-refractivity contribution is 7.92. The van der Waals surface area contributed by atoms with Crippen molar-refractivity contribution in [1.29, 1.82) is 0 Å². The molecule has 3 heterocycles. The standard InChI is InChI=1S/C39H50N4O6S/c1-24-9-13-32-26(16-24)7-5-15-39(32)22-43-18-28-10-12-29(28)34(47-3)8-4-6-25(2)21-50(46,42-38(45)40-36-30-19-48-20-31(30)36)41-37(44)27-11-14-35(49-23-39)33(43)17-27/h4,8-9,11,13-14,16-17,25,28-31,34,36H,5-7,10,12,15,18-23H2,1-3H3,(H2,40,41,42,44,45,46)/b8-4+/t25-,28-,29+,30-,31+,34-,36?,39-,50?/m0/s1. The lowest BCUT2D eigenvalue weighted by atomic mass is 9.68. The summed E-state index contributed by atoms with van der Waals surface area (Å²) in [6, 6.07) is 11.7. The van der Waals surface area contributed by atoms with E-state index in [-0.39, 0.29) is 41.1 Å². The van der Waals surface area contributed by atoms with E-state index in [0.717, 1.165) is 56.6 Å². The largest absolute Gasteiger partial charge is 0.490 e. The van der Waals surface area contributed by atoms with Crippen LogP contribution in [-0.4, -0.2) is 74.1 Å². The molecule has 0 aromatic heterocycles. The zero-order chi connectivity index (χ0) is 34.6. The Hall–Kier alpha value is -3.41. The Labute approximate surface area is 296 Å². The first kappa shape index (κ1) is 33.7. The molecule has 2 N–H and O–H groups in total. The van der Waals surface area contributed by atoms with Crippen LogP contribution in [0.1, 0.15) is 66.1 Å². The summed E-state index contributed by atoms with van der Waals surface area (Å²) in [5, 5.41) is 2.95. The highest BCUT2D eigenvalue weighted by atomic mass is 32.2. The van der Waals surface area contributed by atoms with E-state index >= 15 is 0 Å². The normalized spacial score (nSPS) is 36.7. The van der Waals surface area contributed by atoms with Crippen molar-refractivity contribution in [2.45, 2.75) is 69.9 Å². The highest BCUT2D eigenvalue weighted by Crippen LogP contribution is 2.47. The lowest BCUT2D eigenvalue weighted by molar-refractivity contribution is 0.0131. The minimum Gasteiger partial charge on any atom is -0.490 e. The number of ether oxygens (including phenoxy) is 3. The molecule has 11 heteroatoms. The fraction of sp³-hybridized carbons (Fsp3) is 0.590. The van der Waals surface area contributed by atoms with Crippen LogP contribution in [0.4, 0.5) is 10.5 Å². The Bertz CT molecular complexity index is 1810. The number of fused-ring (bicyclic) bond motifs is 5. The number of carbonyl (C=O) groups excluding carboxylic acids is 2. The average molecular weight is 703 g/mol. The SMILES string of the molecule is CO[C@H]1/C=C/C[C@H](C)CS(=O)(NC(=O)NC2[C@H]3COC[C@@H]23)=NC(=O)c2ccc3c(c2)N(C[C@@H]2CC[C@H]21)C[C@@]1(CCCc2cc(C)ccc21)CO3. The number of aryl methyl sites for hydroxylation is 2. The lowest BCUT2D eigenvalue weighted by Gasteiger charge is -2.46. The summed E-state index contributed by atoms with van der Waals surface area (Å²) in [4.78, 5) is 29.6. The average Bonchev–Trinajstić information content (AvgIpc) is 3.50. The molecule has 3 aliphatic heterocycles. The Morgan fingerprint density at radius 3 is 2.74 bits per heavy atom. The number of hydrogen-bond acceptors (Lipinski definition) is 7. The fourth-order valence-electron chi connectivity index (χ4n) is 9.31. The molecule has 2 unspecified atom stereocenters. The van der Waals surface area contributed by atoms with Gasteiger partial charge in [0, 0.05) is 49.1 Å². The predicted octanol–water partition coefficient (Wildman–Crippen LogP) is 5.57. The molecular formula is C39H50N4O6S. The van der Waals surface area contributed by atoms with Gasteiger partial charge in [0.25, 0.3) is 5.91 Å². The number of anilines is 1. The number of rotatable bonds is 3. The molecule has 2 aromatic carbocycles. The van der Waals surface area contributed by atoms with Crippen molar-refractivity contribution in [1.82, 2.24) is 10.0 Å². The van der Waals surface area contributed by atoms with E-state index in [1.165, 1.54) is 16.7 Å². The van der Waals surface area contributed by atoms with E-state index in [9.17, 15) is 13.8 Å². The molecule has 9 atom stereocenters. The Kier molecular flexibility index (Phi) is 8.96. The molecule has 3 fully saturated rings. The van der Waals surface area contributed by atoms with Crippen molar-refractivity contribution in [3.63, 3.8) is 0 Å². The van der Waals surface area contributed by atoms with E-state index in [1.54, 1.807) is 13.2 Å². The van der Waals surface area contributed by atoms with Crippen LogP contribution in [0.25, 0.3) is 0 Å². The highest BCUT2D eigenvalue weighted by Gasteiger charge is 2.55. The molecule has 3 aliphatic carbocycles. The number of benzene rings is 2. The molecule has 0 radical (unpaired) electrons. The summed E-state index contributed by atoms with van der Waals surface area (Å²) in [6.45, 7) is 7.51. The first-order valence-corrected chi connectivity index (χ1v) is 20.1. The lowest BCUT2D eigenvalue weighted by Crippen LogP contribution is -2.49. The van der Waals surface area contributed by atoms with Gasteiger partial charge in [0.1, 0.15) is 15.7 Å². The molecule has 10 nitrogen and oxygen atoms in total. The van der Waals surface area contributed by atoms with Gasteiger partial charge in [-0.1, -0.05) is 42.8 Å². The molecule has 1 spiro atoms. The van der Waals surface area contributed by atoms with Crippen LogP contribution < -0.4 is 19.7 Å². The Morgan fingerprint density at radius 1 is 1.12 bits per heavy atom. The van der Waals surface area contributed by atoms with Gasteiger partial charge in [0.2, 0.25) is 0 Å². The van der Waals surface area contributed by atoms with E-state index in [4.69, 9.17) is 14.2 Å². The quantitative estimate of drug-likeness (QED) is 0.402. The molecule has 268 valence electrons. The van der Waals surface area contributed by atoms with E-state index < -0.39 is 21.9 Å². The third-order valence-electron chi connectivity index (χ3n) is 12.2. The van der Waals surface area contributed by atoms with E-state index in [2.05, 4.69) is 56.6 Å². The first-order valence-electron chi connectivity index (χ1n) is 18.4. The number of hydrogen-bond donors (Lipinski definition) is 2. The van der Waals surface area contributed by atoms with Crippen molar-refractivity contribution in [3.8, 4) is 5.75 Å². The van der Waals surface area contributed by atoms with Gasteiger partial charge in [-0.3, -0.25) is 9.52 Å². The number of nitrogens with zero attached hydrogens (tertiary/aromatic N) is 2. The molecule has 50 heavy (non-hydrogen) atoms. The van der Waals surface area contributed by atoms with Crippen molar-refractivity contribution >= 4 is 27.5 Å². The summed E-state index contributed by atoms with van der Waals surface area (Å²) >= 11 is 0. The summed E-state index contributed by atoms with van der Waals surface area (Å²) in [6.07, 6.45) is 10.2. The van der Waals surface area contributed by atoms with Gasteiger partial charge in [-0.15, -0.1) is 4.36 Å². The maximum atomic E-state index is 14.4. The Morgan fingerprint density at radius 2 is 1.96 bits per heavy atom. The molecule has 6 aliphatic rings. The van der Waals surface area contributed by atoms with Crippen LogP contribution in [0, 0.1) is 36.5 Å². The molecule has 3 amide bonds. The maximum absolute atomic E-state index is 14.4. The van der Waals surface area contributed by atoms with Crippen molar-refractivity contribution in [2.24, 2.45) is 34.0 Å². The predicted molar refractivity (Wildman–Crippen MR) is 193 cm³/mol. The topological polar surface area (TPSA) is 119 Å². The van der Waals surface area contributed by atoms with Crippen LogP contribution in [0.5, 0.6) is 5.75 Å². The van der Waals surface area contributed by atoms with E-state index in [0.29, 0.717) is 43.6 Å². The molecule has 8 rings (SSSR count). The monoisotopic (exact) mass is 702 g/mol. The van der Waals surface area contributed by atoms with Crippen LogP contribution >= 0.6 is 0 Å². The zero-order valence-electron chi connectivity index (χ0n) is 29.4. The maximum Gasteiger partial charge on any atom is 0.327 e. The molecule has 2 bridgehead atoms. The van der Waals surface area contributed by atoms with Gasteiger partial charge in [-0.2, -0.15) is 0 Å². The third kappa shape index (κ3) is 6.45. The van der Waals surface area contributed by atoms with Crippen LogP contribution in [-0.2, 0) is 31.2 Å². The smallest absolute Gasteiger partial charge is 0.327 e. The van der Waals surface area contributed by atoms with Gasteiger partial charge in [-0.25, -0.2) is 9.00 Å². The summed E-state index contributed by atoms with van der Waals surface area (Å²) in [5.74, 6) is 1.43. The van der Waals surface area contributed by atoms with Crippen molar-refractivity contribution in [3.05, 3.63) is 70.8 Å². The summed E-state index contributed by atoms with van der Waals surface area (Å²) in [5.41, 5.74) is 5.04. The second-order valence-corrected chi connectivity index (χ2v) is 17.8. The van der Waals surface area contributed by atoms with Crippen molar-refractivity contribution < 1.29 is 28.0 Å². The number of amides is 3. The third-order valence-corrected chi connectivity index (χ3v) is 14.2. The second-order valence-electron chi connectivity index (χ2n) is 15.8. The number of carbonyl (C=O) groups is 2. The fourth-order valence-corrected chi connectivity index (χ4v) is 11.1. The molecule has 2 saturated carbocycles. The van der Waals surface area contributed by atoms with Gasteiger partial charge in [0.05, 0.1) is 37.4 Å². The minimum atomic E-state index is -3.46. The number of nitrogens with one attached hydrogen (secondary N) is 2. The number of allylic oxidation sites excluding steroid dienone is 1. The van der Waals surface area contributed by atoms with Crippen LogP contribution in [0.2, 0.25) is 0 Å². The van der Waals surface area contributed by atoms with Gasteiger partial charge in [0.15, 0.2) is 0 Å². The summed E-state index contributed by atoms with van der Waals surface area (Å²) < 4.78 is 39.6. The van der Waals surface area contributed by atoms with Gasteiger partial charge >= 0.3 is 6.03 Å².